The molecule has 35 heavy (non-hydrogen) atoms. The maximum atomic E-state index is 12.1. The summed E-state index contributed by atoms with van der Waals surface area (Å²) in [4.78, 5) is 22.5. The standard InChI is InChI=1S/C26H44O9/c1-16(13-23(30)33-11-9-7-5-4-6-8-10-22(28)29)12-20-25(32)24(31)19(15-34-20)14-21-26(35-21)17(2)18(3)27/h13,17-21,24-27,31-32H,4-12,14-15H2,1-3H3,(H,28,29)/b16-13+/t17-,18-,19-,20-,21-,24+,25?,26-/m0/s1. The van der Waals surface area contributed by atoms with E-state index >= 15 is 0 Å². The Labute approximate surface area is 208 Å². The fraction of sp³-hybridized carbons (Fsp3) is 0.846. The summed E-state index contributed by atoms with van der Waals surface area (Å²) < 4.78 is 16.7. The highest BCUT2D eigenvalue weighted by Gasteiger charge is 2.48. The number of epoxide rings is 1. The van der Waals surface area contributed by atoms with Crippen LogP contribution < -0.4 is 0 Å². The second-order valence-electron chi connectivity index (χ2n) is 10.2. The molecule has 202 valence electrons. The van der Waals surface area contributed by atoms with Crippen LogP contribution in [0.5, 0.6) is 0 Å². The zero-order chi connectivity index (χ0) is 26.0. The molecular weight excluding hydrogens is 456 g/mol. The van der Waals surface area contributed by atoms with Gasteiger partial charge in [0.2, 0.25) is 0 Å². The maximum absolute atomic E-state index is 12.1. The molecule has 8 atom stereocenters. The van der Waals surface area contributed by atoms with Gasteiger partial charge in [-0.3, -0.25) is 4.79 Å². The third-order valence-corrected chi connectivity index (χ3v) is 7.09. The van der Waals surface area contributed by atoms with Crippen LogP contribution in [0.3, 0.4) is 0 Å². The molecule has 2 aliphatic heterocycles. The fourth-order valence-electron chi connectivity index (χ4n) is 4.59. The molecule has 0 aromatic carbocycles. The van der Waals surface area contributed by atoms with Crippen molar-refractivity contribution in [1.29, 1.82) is 0 Å². The van der Waals surface area contributed by atoms with Crippen LogP contribution in [0.25, 0.3) is 0 Å². The summed E-state index contributed by atoms with van der Waals surface area (Å²) >= 11 is 0. The van der Waals surface area contributed by atoms with Gasteiger partial charge in [-0.05, 0) is 39.5 Å². The summed E-state index contributed by atoms with van der Waals surface area (Å²) in [5.74, 6) is -1.42. The number of esters is 1. The number of hydrogen-bond donors (Lipinski definition) is 4. The SMILES string of the molecule is C/C(=C\C(=O)OCCCCCCCCC(=O)O)C[C@@H]1OC[C@H](C[C@@H]2O[C@H]2[C@@H](C)[C@H](C)O)[C@@H](O)C1O. The second-order valence-corrected chi connectivity index (χ2v) is 10.2. The number of rotatable bonds is 16. The highest BCUT2D eigenvalue weighted by atomic mass is 16.6. The van der Waals surface area contributed by atoms with Gasteiger partial charge in [-0.25, -0.2) is 4.79 Å². The van der Waals surface area contributed by atoms with Crippen molar-refractivity contribution in [3.05, 3.63) is 11.6 Å². The summed E-state index contributed by atoms with van der Waals surface area (Å²) in [5.41, 5.74) is 0.708. The van der Waals surface area contributed by atoms with E-state index in [2.05, 4.69) is 0 Å². The normalized spacial score (nSPS) is 30.5. The Morgan fingerprint density at radius 1 is 1.03 bits per heavy atom. The van der Waals surface area contributed by atoms with Crippen LogP contribution in [0.15, 0.2) is 11.6 Å². The Bertz CT molecular complexity index is 692. The first kappa shape index (κ1) is 29.7. The van der Waals surface area contributed by atoms with E-state index in [-0.39, 0.29) is 30.5 Å². The van der Waals surface area contributed by atoms with Gasteiger partial charge in [0, 0.05) is 24.3 Å². The smallest absolute Gasteiger partial charge is 0.330 e. The van der Waals surface area contributed by atoms with Gasteiger partial charge in [0.25, 0.3) is 0 Å². The molecule has 4 N–H and O–H groups in total. The third-order valence-electron chi connectivity index (χ3n) is 7.09. The van der Waals surface area contributed by atoms with Gasteiger partial charge in [0.05, 0.1) is 43.7 Å². The molecule has 2 rings (SSSR count). The Kier molecular flexibility index (Phi) is 12.6. The highest BCUT2D eigenvalue weighted by molar-refractivity contribution is 5.82. The lowest BCUT2D eigenvalue weighted by atomic mass is 9.85. The van der Waals surface area contributed by atoms with Crippen molar-refractivity contribution in [2.24, 2.45) is 11.8 Å². The number of ether oxygens (including phenoxy) is 3. The van der Waals surface area contributed by atoms with E-state index in [1.807, 2.05) is 6.92 Å². The highest BCUT2D eigenvalue weighted by Crippen LogP contribution is 2.38. The lowest BCUT2D eigenvalue weighted by Gasteiger charge is -2.38. The van der Waals surface area contributed by atoms with Gasteiger partial charge in [-0.15, -0.1) is 0 Å². The topological polar surface area (TPSA) is 146 Å². The van der Waals surface area contributed by atoms with Crippen molar-refractivity contribution in [2.45, 2.75) is 115 Å². The van der Waals surface area contributed by atoms with Crippen LogP contribution in [-0.4, -0.2) is 82.2 Å². The van der Waals surface area contributed by atoms with Gasteiger partial charge in [0.1, 0.15) is 6.10 Å². The Morgan fingerprint density at radius 3 is 2.34 bits per heavy atom. The third kappa shape index (κ3) is 10.6. The van der Waals surface area contributed by atoms with E-state index in [1.165, 1.54) is 6.08 Å². The number of aliphatic hydroxyl groups excluding tert-OH is 3. The van der Waals surface area contributed by atoms with E-state index in [1.54, 1.807) is 13.8 Å². The predicted octanol–water partition coefficient (Wildman–Crippen LogP) is 2.59. The quantitative estimate of drug-likeness (QED) is 0.109. The number of carbonyl (C=O) groups excluding carboxylic acids is 1. The molecule has 0 amide bonds. The van der Waals surface area contributed by atoms with Crippen molar-refractivity contribution in [3.63, 3.8) is 0 Å². The molecule has 0 aliphatic carbocycles. The van der Waals surface area contributed by atoms with E-state index in [0.717, 1.165) is 32.1 Å². The van der Waals surface area contributed by atoms with Gasteiger partial charge >= 0.3 is 11.9 Å². The molecule has 2 fully saturated rings. The molecule has 0 aromatic rings. The molecule has 1 unspecified atom stereocenters. The molecule has 2 heterocycles. The van der Waals surface area contributed by atoms with Crippen LogP contribution in [0.4, 0.5) is 0 Å². The van der Waals surface area contributed by atoms with E-state index in [4.69, 9.17) is 19.3 Å². The van der Waals surface area contributed by atoms with Crippen molar-refractivity contribution >= 4 is 11.9 Å². The van der Waals surface area contributed by atoms with Crippen molar-refractivity contribution in [3.8, 4) is 0 Å². The second kappa shape index (κ2) is 14.9. The molecule has 0 radical (unpaired) electrons. The van der Waals surface area contributed by atoms with Crippen LogP contribution >= 0.6 is 0 Å². The Balaban J connectivity index is 1.62. The number of carbonyl (C=O) groups is 2. The molecule has 0 saturated carbocycles. The average Bonchev–Trinajstić information content (AvgIpc) is 3.55. The zero-order valence-electron chi connectivity index (χ0n) is 21.3. The number of carboxylic acid groups (broad SMARTS) is 1. The molecular formula is C26H44O9. The van der Waals surface area contributed by atoms with E-state index in [9.17, 15) is 24.9 Å². The molecule has 0 spiro atoms. The fourth-order valence-corrected chi connectivity index (χ4v) is 4.59. The predicted molar refractivity (Wildman–Crippen MR) is 129 cm³/mol. The first-order valence-electron chi connectivity index (χ1n) is 13.0. The molecule has 9 heteroatoms. The molecule has 9 nitrogen and oxygen atoms in total. The summed E-state index contributed by atoms with van der Waals surface area (Å²) in [6.45, 7) is 6.07. The van der Waals surface area contributed by atoms with Crippen molar-refractivity contribution in [1.82, 2.24) is 0 Å². The van der Waals surface area contributed by atoms with Crippen LogP contribution in [0.1, 0.15) is 78.6 Å². The van der Waals surface area contributed by atoms with E-state index < -0.39 is 36.4 Å². The molecule has 2 saturated heterocycles. The first-order valence-corrected chi connectivity index (χ1v) is 13.0. The number of hydrogen-bond acceptors (Lipinski definition) is 8. The summed E-state index contributed by atoms with van der Waals surface area (Å²) in [5, 5.41) is 39.5. The number of aliphatic carboxylic acids is 1. The Morgan fingerprint density at radius 2 is 1.69 bits per heavy atom. The van der Waals surface area contributed by atoms with Crippen LogP contribution in [-0.2, 0) is 23.8 Å². The maximum Gasteiger partial charge on any atom is 0.330 e. The summed E-state index contributed by atoms with van der Waals surface area (Å²) in [7, 11) is 0. The first-order chi connectivity index (χ1) is 16.6. The minimum Gasteiger partial charge on any atom is -0.481 e. The lowest BCUT2D eigenvalue weighted by Crippen LogP contribution is -2.50. The molecule has 2 aliphatic rings. The van der Waals surface area contributed by atoms with Gasteiger partial charge in [0.15, 0.2) is 0 Å². The lowest BCUT2D eigenvalue weighted by molar-refractivity contribution is -0.165. The Hall–Kier alpha value is -1.52. The zero-order valence-corrected chi connectivity index (χ0v) is 21.3. The monoisotopic (exact) mass is 500 g/mol. The van der Waals surface area contributed by atoms with Gasteiger partial charge < -0.3 is 34.6 Å². The summed E-state index contributed by atoms with van der Waals surface area (Å²) in [6.07, 6.45) is 4.61. The number of carboxylic acids is 1. The minimum absolute atomic E-state index is 0.0160. The van der Waals surface area contributed by atoms with Gasteiger partial charge in [-0.1, -0.05) is 38.2 Å². The largest absolute Gasteiger partial charge is 0.481 e. The molecule has 0 aromatic heterocycles. The molecule has 0 bridgehead atoms. The van der Waals surface area contributed by atoms with Gasteiger partial charge in [-0.2, -0.15) is 0 Å². The van der Waals surface area contributed by atoms with Crippen molar-refractivity contribution in [2.75, 3.05) is 13.2 Å². The average molecular weight is 501 g/mol. The minimum atomic E-state index is -1.06. The van der Waals surface area contributed by atoms with Crippen LogP contribution in [0.2, 0.25) is 0 Å². The number of unbranched alkanes of at least 4 members (excludes halogenated alkanes) is 5. The summed E-state index contributed by atoms with van der Waals surface area (Å²) in [6, 6.07) is 0. The van der Waals surface area contributed by atoms with Crippen molar-refractivity contribution < 1.29 is 44.2 Å². The number of aliphatic hydroxyl groups is 3. The van der Waals surface area contributed by atoms with Crippen LogP contribution in [0, 0.1) is 11.8 Å². The van der Waals surface area contributed by atoms with E-state index in [0.29, 0.717) is 38.0 Å².